The van der Waals surface area contributed by atoms with Crippen LogP contribution in [0.1, 0.15) is 73.6 Å². The number of rotatable bonds is 5. The van der Waals surface area contributed by atoms with Gasteiger partial charge in [0.2, 0.25) is 0 Å². The van der Waals surface area contributed by atoms with Crippen molar-refractivity contribution in [3.05, 3.63) is 0 Å². The van der Waals surface area contributed by atoms with Crippen LogP contribution in [-0.4, -0.2) is 47.2 Å². The van der Waals surface area contributed by atoms with Gasteiger partial charge in [-0.2, -0.15) is 0 Å². The molecule has 0 bridgehead atoms. The van der Waals surface area contributed by atoms with Crippen molar-refractivity contribution in [3.63, 3.8) is 0 Å². The third-order valence-corrected chi connectivity index (χ3v) is 3.60. The normalized spacial score (nSPS) is 17.2. The Morgan fingerprint density at radius 1 is 0.826 bits per heavy atom. The molecule has 0 amide bonds. The molecule has 0 aromatic rings. The highest BCUT2D eigenvalue weighted by atomic mass is 16.6. The summed E-state index contributed by atoms with van der Waals surface area (Å²) in [5, 5.41) is 0. The molecule has 0 unspecified atom stereocenters. The predicted molar refractivity (Wildman–Crippen MR) is 90.1 cm³/mol. The van der Waals surface area contributed by atoms with Gasteiger partial charge >= 0.3 is 11.9 Å². The van der Waals surface area contributed by atoms with Crippen molar-refractivity contribution in [3.8, 4) is 0 Å². The summed E-state index contributed by atoms with van der Waals surface area (Å²) >= 11 is 0. The summed E-state index contributed by atoms with van der Waals surface area (Å²) in [6.07, 6.45) is 5.55. The van der Waals surface area contributed by atoms with Crippen LogP contribution in [0.15, 0.2) is 0 Å². The van der Waals surface area contributed by atoms with Crippen LogP contribution in [0.25, 0.3) is 0 Å². The summed E-state index contributed by atoms with van der Waals surface area (Å²) < 4.78 is 10.8. The molecular formula is C18H33NO4. The predicted octanol–water partition coefficient (Wildman–Crippen LogP) is 3.30. The summed E-state index contributed by atoms with van der Waals surface area (Å²) in [4.78, 5) is 26.3. The highest BCUT2D eigenvalue weighted by Crippen LogP contribution is 2.23. The first-order valence-corrected chi connectivity index (χ1v) is 8.64. The zero-order chi connectivity index (χ0) is 17.7. The second kappa shape index (κ2) is 8.13. The second-order valence-corrected chi connectivity index (χ2v) is 8.37. The molecule has 0 aromatic heterocycles. The molecule has 1 rings (SSSR count). The van der Waals surface area contributed by atoms with Crippen LogP contribution in [0.3, 0.4) is 0 Å². The van der Waals surface area contributed by atoms with Gasteiger partial charge in [0.15, 0.2) is 0 Å². The lowest BCUT2D eigenvalue weighted by Gasteiger charge is -2.34. The average Bonchev–Trinajstić information content (AvgIpc) is 2.34. The van der Waals surface area contributed by atoms with Gasteiger partial charge in [-0.1, -0.05) is 19.3 Å². The summed E-state index contributed by atoms with van der Waals surface area (Å²) in [7, 11) is 0. The fourth-order valence-electron chi connectivity index (χ4n) is 2.84. The van der Waals surface area contributed by atoms with E-state index in [-0.39, 0.29) is 31.1 Å². The van der Waals surface area contributed by atoms with Crippen molar-refractivity contribution in [2.24, 2.45) is 0 Å². The fraction of sp³-hybridized carbons (Fsp3) is 0.889. The highest BCUT2D eigenvalue weighted by Gasteiger charge is 2.28. The monoisotopic (exact) mass is 327 g/mol. The van der Waals surface area contributed by atoms with Crippen molar-refractivity contribution in [1.29, 1.82) is 0 Å². The van der Waals surface area contributed by atoms with E-state index in [1.54, 1.807) is 0 Å². The minimum atomic E-state index is -0.513. The van der Waals surface area contributed by atoms with Crippen LogP contribution in [0.4, 0.5) is 0 Å². The molecule has 0 N–H and O–H groups in total. The van der Waals surface area contributed by atoms with E-state index in [4.69, 9.17) is 9.47 Å². The second-order valence-electron chi connectivity index (χ2n) is 8.37. The Labute approximate surface area is 140 Å². The van der Waals surface area contributed by atoms with Crippen molar-refractivity contribution in [1.82, 2.24) is 4.90 Å². The average molecular weight is 327 g/mol. The van der Waals surface area contributed by atoms with Crippen LogP contribution in [0.5, 0.6) is 0 Å². The van der Waals surface area contributed by atoms with Gasteiger partial charge in [-0.15, -0.1) is 0 Å². The Bertz CT molecular complexity index is 370. The molecule has 5 nitrogen and oxygen atoms in total. The maximum absolute atomic E-state index is 12.2. The van der Waals surface area contributed by atoms with Gasteiger partial charge in [0.1, 0.15) is 11.2 Å². The number of hydrogen-bond acceptors (Lipinski definition) is 5. The molecule has 5 heteroatoms. The van der Waals surface area contributed by atoms with Crippen LogP contribution in [-0.2, 0) is 19.1 Å². The smallest absolute Gasteiger partial charge is 0.320 e. The minimum Gasteiger partial charge on any atom is -0.459 e. The molecule has 0 aliphatic heterocycles. The lowest BCUT2D eigenvalue weighted by atomic mass is 9.94. The standard InChI is InChI=1S/C18H33NO4/c1-17(2,3)22-15(20)12-19(14-10-8-7-9-11-14)13-16(21)23-18(4,5)6/h14H,7-13H2,1-6H3. The number of carbonyl (C=O) groups excluding carboxylic acids is 2. The lowest BCUT2D eigenvalue weighted by molar-refractivity contribution is -0.161. The van der Waals surface area contributed by atoms with E-state index in [1.165, 1.54) is 6.42 Å². The zero-order valence-electron chi connectivity index (χ0n) is 15.6. The van der Waals surface area contributed by atoms with Crippen LogP contribution < -0.4 is 0 Å². The molecule has 23 heavy (non-hydrogen) atoms. The Hall–Kier alpha value is -1.10. The number of ether oxygens (including phenoxy) is 2. The molecule has 1 aliphatic rings. The van der Waals surface area contributed by atoms with Gasteiger partial charge in [-0.05, 0) is 54.4 Å². The van der Waals surface area contributed by atoms with Crippen LogP contribution in [0, 0.1) is 0 Å². The SMILES string of the molecule is CC(C)(C)OC(=O)CN(CC(=O)OC(C)(C)C)C1CCCCC1. The number of carbonyl (C=O) groups is 2. The van der Waals surface area contributed by atoms with E-state index in [2.05, 4.69) is 0 Å². The maximum Gasteiger partial charge on any atom is 0.320 e. The van der Waals surface area contributed by atoms with E-state index in [1.807, 2.05) is 46.4 Å². The Kier molecular flexibility index (Phi) is 7.05. The lowest BCUT2D eigenvalue weighted by Crippen LogP contribution is -2.46. The highest BCUT2D eigenvalue weighted by molar-refractivity contribution is 5.75. The number of esters is 2. The first kappa shape index (κ1) is 19.9. The first-order chi connectivity index (χ1) is 10.5. The largest absolute Gasteiger partial charge is 0.459 e. The van der Waals surface area contributed by atoms with E-state index in [0.717, 1.165) is 25.7 Å². The molecule has 0 aromatic carbocycles. The molecule has 0 atom stereocenters. The van der Waals surface area contributed by atoms with Crippen molar-refractivity contribution >= 4 is 11.9 Å². The number of nitrogens with zero attached hydrogens (tertiary/aromatic N) is 1. The van der Waals surface area contributed by atoms with Gasteiger partial charge in [0, 0.05) is 6.04 Å². The van der Waals surface area contributed by atoms with Gasteiger partial charge in [0.05, 0.1) is 13.1 Å². The minimum absolute atomic E-state index is 0.140. The molecule has 0 saturated heterocycles. The van der Waals surface area contributed by atoms with Crippen molar-refractivity contribution in [2.75, 3.05) is 13.1 Å². The van der Waals surface area contributed by atoms with Crippen LogP contribution in [0.2, 0.25) is 0 Å². The Balaban J connectivity index is 2.68. The Morgan fingerprint density at radius 3 is 1.57 bits per heavy atom. The van der Waals surface area contributed by atoms with Gasteiger partial charge < -0.3 is 9.47 Å². The van der Waals surface area contributed by atoms with E-state index in [9.17, 15) is 9.59 Å². The zero-order valence-corrected chi connectivity index (χ0v) is 15.6. The molecule has 1 fully saturated rings. The summed E-state index contributed by atoms with van der Waals surface area (Å²) in [6, 6.07) is 0.254. The molecule has 0 heterocycles. The summed E-state index contributed by atoms with van der Waals surface area (Å²) in [6.45, 7) is 11.4. The van der Waals surface area contributed by atoms with Gasteiger partial charge in [-0.3, -0.25) is 14.5 Å². The van der Waals surface area contributed by atoms with Gasteiger partial charge in [0.25, 0.3) is 0 Å². The van der Waals surface area contributed by atoms with E-state index < -0.39 is 11.2 Å². The Morgan fingerprint density at radius 2 is 1.22 bits per heavy atom. The molecule has 0 spiro atoms. The molecule has 1 saturated carbocycles. The van der Waals surface area contributed by atoms with Gasteiger partial charge in [-0.25, -0.2) is 0 Å². The fourth-order valence-corrected chi connectivity index (χ4v) is 2.84. The van der Waals surface area contributed by atoms with Crippen LogP contribution >= 0.6 is 0 Å². The first-order valence-electron chi connectivity index (χ1n) is 8.64. The molecule has 0 radical (unpaired) electrons. The summed E-state index contributed by atoms with van der Waals surface area (Å²) in [5.74, 6) is -0.571. The maximum atomic E-state index is 12.2. The quantitative estimate of drug-likeness (QED) is 0.725. The molecule has 134 valence electrons. The third-order valence-electron chi connectivity index (χ3n) is 3.60. The van der Waals surface area contributed by atoms with Crippen molar-refractivity contribution in [2.45, 2.75) is 90.9 Å². The third kappa shape index (κ3) is 8.94. The molecule has 1 aliphatic carbocycles. The topological polar surface area (TPSA) is 55.8 Å². The number of hydrogen-bond donors (Lipinski definition) is 0. The van der Waals surface area contributed by atoms with Crippen molar-refractivity contribution < 1.29 is 19.1 Å². The summed E-state index contributed by atoms with van der Waals surface area (Å²) in [5.41, 5.74) is -1.03. The molecular weight excluding hydrogens is 294 g/mol. The van der Waals surface area contributed by atoms with E-state index >= 15 is 0 Å². The van der Waals surface area contributed by atoms with E-state index in [0.29, 0.717) is 0 Å².